The molecule has 0 radical (unpaired) electrons. The zero-order valence-corrected chi connectivity index (χ0v) is 19.7. The minimum atomic E-state index is 0.0149. The average Bonchev–Trinajstić information content (AvgIpc) is 3.60. The molecule has 1 saturated heterocycles. The Labute approximate surface area is 191 Å². The van der Waals surface area contributed by atoms with Gasteiger partial charge in [-0.05, 0) is 39.2 Å². The summed E-state index contributed by atoms with van der Waals surface area (Å²) in [5.41, 5.74) is 4.63. The van der Waals surface area contributed by atoms with E-state index in [9.17, 15) is 4.79 Å². The van der Waals surface area contributed by atoms with Gasteiger partial charge in [0.15, 0.2) is 0 Å². The molecule has 32 heavy (non-hydrogen) atoms. The SMILES string of the molecule is COCc1nc(C2CC2)nc(N2CCN(C(=O)NC(C)C)CC2)c1Cc1cccc(C)c1. The maximum Gasteiger partial charge on any atom is 0.317 e. The van der Waals surface area contributed by atoms with Gasteiger partial charge in [-0.3, -0.25) is 0 Å². The van der Waals surface area contributed by atoms with Crippen LogP contribution in [0.15, 0.2) is 24.3 Å². The number of aryl methyl sites for hydroxylation is 1. The van der Waals surface area contributed by atoms with E-state index < -0.39 is 0 Å². The fraction of sp³-hybridized carbons (Fsp3) is 0.560. The third-order valence-corrected chi connectivity index (χ3v) is 6.05. The Morgan fingerprint density at radius 2 is 1.94 bits per heavy atom. The van der Waals surface area contributed by atoms with Crippen molar-refractivity contribution < 1.29 is 9.53 Å². The first-order valence-corrected chi connectivity index (χ1v) is 11.7. The van der Waals surface area contributed by atoms with Crippen molar-refractivity contribution in [3.63, 3.8) is 0 Å². The molecule has 7 heteroatoms. The summed E-state index contributed by atoms with van der Waals surface area (Å²) >= 11 is 0. The quantitative estimate of drug-likeness (QED) is 0.716. The lowest BCUT2D eigenvalue weighted by atomic mass is 10.0. The molecule has 0 spiro atoms. The summed E-state index contributed by atoms with van der Waals surface area (Å²) in [5.74, 6) is 2.43. The molecule has 2 amide bonds. The lowest BCUT2D eigenvalue weighted by Crippen LogP contribution is -2.53. The Hall–Kier alpha value is -2.67. The molecule has 1 aliphatic heterocycles. The normalized spacial score (nSPS) is 16.5. The summed E-state index contributed by atoms with van der Waals surface area (Å²) in [6.45, 7) is 9.48. The lowest BCUT2D eigenvalue weighted by Gasteiger charge is -2.37. The summed E-state index contributed by atoms with van der Waals surface area (Å²) in [5, 5.41) is 3.00. The van der Waals surface area contributed by atoms with Crippen molar-refractivity contribution in [2.45, 2.75) is 58.6 Å². The zero-order valence-electron chi connectivity index (χ0n) is 19.7. The van der Waals surface area contributed by atoms with Crippen molar-refractivity contribution in [3.05, 3.63) is 52.5 Å². The summed E-state index contributed by atoms with van der Waals surface area (Å²) in [6.07, 6.45) is 3.09. The van der Waals surface area contributed by atoms with Crippen LogP contribution < -0.4 is 10.2 Å². The summed E-state index contributed by atoms with van der Waals surface area (Å²) < 4.78 is 5.54. The highest BCUT2D eigenvalue weighted by atomic mass is 16.5. The Kier molecular flexibility index (Phi) is 6.94. The number of benzene rings is 1. The van der Waals surface area contributed by atoms with Crippen molar-refractivity contribution in [3.8, 4) is 0 Å². The Bertz CT molecular complexity index is 949. The fourth-order valence-electron chi connectivity index (χ4n) is 4.24. The van der Waals surface area contributed by atoms with Crippen LogP contribution in [0.5, 0.6) is 0 Å². The van der Waals surface area contributed by atoms with E-state index in [-0.39, 0.29) is 12.1 Å². The van der Waals surface area contributed by atoms with Gasteiger partial charge in [0.2, 0.25) is 0 Å². The van der Waals surface area contributed by atoms with Gasteiger partial charge < -0.3 is 19.9 Å². The summed E-state index contributed by atoms with van der Waals surface area (Å²) in [6, 6.07) is 8.77. The predicted octanol–water partition coefficient (Wildman–Crippen LogP) is 3.64. The van der Waals surface area contributed by atoms with Gasteiger partial charge in [-0.1, -0.05) is 29.8 Å². The van der Waals surface area contributed by atoms with Crippen molar-refractivity contribution in [2.24, 2.45) is 0 Å². The highest BCUT2D eigenvalue weighted by molar-refractivity contribution is 5.74. The first-order chi connectivity index (χ1) is 15.4. The Morgan fingerprint density at radius 3 is 2.56 bits per heavy atom. The van der Waals surface area contributed by atoms with E-state index in [2.05, 4.69) is 41.4 Å². The molecule has 1 saturated carbocycles. The van der Waals surface area contributed by atoms with Gasteiger partial charge in [0, 0.05) is 57.2 Å². The molecule has 1 aliphatic carbocycles. The number of anilines is 1. The third kappa shape index (κ3) is 5.38. The number of methoxy groups -OCH3 is 1. The zero-order chi connectivity index (χ0) is 22.7. The Morgan fingerprint density at radius 1 is 1.19 bits per heavy atom. The minimum Gasteiger partial charge on any atom is -0.378 e. The van der Waals surface area contributed by atoms with E-state index in [1.165, 1.54) is 11.1 Å². The maximum absolute atomic E-state index is 12.4. The number of hydrogen-bond donors (Lipinski definition) is 1. The number of amides is 2. The molecular formula is C25H35N5O2. The van der Waals surface area contributed by atoms with Crippen LogP contribution >= 0.6 is 0 Å². The van der Waals surface area contributed by atoms with Crippen LogP contribution in [-0.2, 0) is 17.8 Å². The standard InChI is InChI=1S/C25H35N5O2/c1-17(2)26-25(31)30-12-10-29(11-13-30)24-21(15-19-7-5-6-18(3)14-19)22(16-32-4)27-23(28-24)20-8-9-20/h5-7,14,17,20H,8-13,15-16H2,1-4H3,(H,26,31). The molecule has 0 bridgehead atoms. The van der Waals surface area contributed by atoms with Crippen LogP contribution in [0.25, 0.3) is 0 Å². The number of aromatic nitrogens is 2. The largest absolute Gasteiger partial charge is 0.378 e. The van der Waals surface area contributed by atoms with Gasteiger partial charge in [0.05, 0.1) is 12.3 Å². The van der Waals surface area contributed by atoms with Gasteiger partial charge in [-0.2, -0.15) is 0 Å². The molecule has 7 nitrogen and oxygen atoms in total. The molecule has 2 aliphatic rings. The molecule has 2 heterocycles. The van der Waals surface area contributed by atoms with Gasteiger partial charge in [-0.25, -0.2) is 14.8 Å². The number of urea groups is 1. The van der Waals surface area contributed by atoms with E-state index in [4.69, 9.17) is 14.7 Å². The fourth-order valence-corrected chi connectivity index (χ4v) is 4.24. The molecular weight excluding hydrogens is 402 g/mol. The predicted molar refractivity (Wildman–Crippen MR) is 126 cm³/mol. The van der Waals surface area contributed by atoms with E-state index in [0.717, 1.165) is 55.3 Å². The molecule has 2 fully saturated rings. The molecule has 2 aromatic rings. The number of nitrogens with zero attached hydrogens (tertiary/aromatic N) is 4. The minimum absolute atomic E-state index is 0.0149. The van der Waals surface area contributed by atoms with Crippen LogP contribution in [-0.4, -0.2) is 60.2 Å². The van der Waals surface area contributed by atoms with Crippen molar-refractivity contribution in [1.82, 2.24) is 20.2 Å². The maximum atomic E-state index is 12.4. The second kappa shape index (κ2) is 9.86. The average molecular weight is 438 g/mol. The van der Waals surface area contributed by atoms with Gasteiger partial charge in [0.25, 0.3) is 0 Å². The van der Waals surface area contributed by atoms with Crippen LogP contribution in [0.3, 0.4) is 0 Å². The number of carbonyl (C=O) groups excluding carboxylic acids is 1. The third-order valence-electron chi connectivity index (χ3n) is 6.05. The molecule has 0 atom stereocenters. The monoisotopic (exact) mass is 437 g/mol. The highest BCUT2D eigenvalue weighted by Gasteiger charge is 2.31. The number of rotatable bonds is 7. The first kappa shape index (κ1) is 22.5. The molecule has 172 valence electrons. The van der Waals surface area contributed by atoms with E-state index in [0.29, 0.717) is 25.6 Å². The topological polar surface area (TPSA) is 70.6 Å². The summed E-state index contributed by atoms with van der Waals surface area (Å²) in [4.78, 5) is 26.7. The van der Waals surface area contributed by atoms with Gasteiger partial charge in [-0.15, -0.1) is 0 Å². The molecule has 1 N–H and O–H groups in total. The van der Waals surface area contributed by atoms with Crippen LogP contribution in [0.1, 0.15) is 60.8 Å². The first-order valence-electron chi connectivity index (χ1n) is 11.7. The lowest BCUT2D eigenvalue weighted by molar-refractivity contribution is 0.180. The second-order valence-electron chi connectivity index (χ2n) is 9.28. The van der Waals surface area contributed by atoms with Crippen LogP contribution in [0.2, 0.25) is 0 Å². The molecule has 1 aromatic carbocycles. The van der Waals surface area contributed by atoms with Crippen molar-refractivity contribution in [2.75, 3.05) is 38.2 Å². The van der Waals surface area contributed by atoms with E-state index in [1.54, 1.807) is 7.11 Å². The van der Waals surface area contributed by atoms with Crippen molar-refractivity contribution in [1.29, 1.82) is 0 Å². The van der Waals surface area contributed by atoms with E-state index >= 15 is 0 Å². The number of ether oxygens (including phenoxy) is 1. The Balaban J connectivity index is 1.63. The van der Waals surface area contributed by atoms with Crippen LogP contribution in [0.4, 0.5) is 10.6 Å². The van der Waals surface area contributed by atoms with Crippen LogP contribution in [0, 0.1) is 6.92 Å². The molecule has 4 rings (SSSR count). The van der Waals surface area contributed by atoms with E-state index in [1.807, 2.05) is 18.7 Å². The number of nitrogens with one attached hydrogen (secondary N) is 1. The number of carbonyl (C=O) groups is 1. The van der Waals surface area contributed by atoms with Gasteiger partial charge >= 0.3 is 6.03 Å². The second-order valence-corrected chi connectivity index (χ2v) is 9.28. The molecule has 0 unspecified atom stereocenters. The summed E-state index contributed by atoms with van der Waals surface area (Å²) in [7, 11) is 1.72. The number of hydrogen-bond acceptors (Lipinski definition) is 5. The highest BCUT2D eigenvalue weighted by Crippen LogP contribution is 2.40. The number of piperazine rings is 1. The smallest absolute Gasteiger partial charge is 0.317 e. The van der Waals surface area contributed by atoms with Crippen molar-refractivity contribution >= 4 is 11.8 Å². The van der Waals surface area contributed by atoms with Gasteiger partial charge in [0.1, 0.15) is 11.6 Å². The molecule has 1 aromatic heterocycles.